The van der Waals surface area contributed by atoms with Crippen LogP contribution >= 0.6 is 0 Å². The van der Waals surface area contributed by atoms with Crippen molar-refractivity contribution in [2.75, 3.05) is 13.6 Å². The maximum atomic E-state index is 12.1. The minimum atomic E-state index is -3.41. The molecule has 0 fully saturated rings. The summed E-state index contributed by atoms with van der Waals surface area (Å²) in [6, 6.07) is 0. The van der Waals surface area contributed by atoms with E-state index in [2.05, 4.69) is 9.97 Å². The summed E-state index contributed by atoms with van der Waals surface area (Å²) in [5.74, 6) is 0.991. The van der Waals surface area contributed by atoms with Crippen LogP contribution in [0.1, 0.15) is 26.6 Å². The number of rotatable bonds is 5. The standard InChI is InChI=1S/C10H19N3O2S/c1-5-9-11-6-10(12-9)16(14,15)13(4)7-8(2)3/h6,8H,5,7H2,1-4H3,(H,11,12). The fourth-order valence-electron chi connectivity index (χ4n) is 1.43. The summed E-state index contributed by atoms with van der Waals surface area (Å²) < 4.78 is 25.5. The SMILES string of the molecule is CCc1ncc(S(=O)(=O)N(C)CC(C)C)[nH]1. The van der Waals surface area contributed by atoms with Crippen LogP contribution in [0.3, 0.4) is 0 Å². The first-order valence-corrected chi connectivity index (χ1v) is 6.82. The van der Waals surface area contributed by atoms with Crippen molar-refractivity contribution in [3.63, 3.8) is 0 Å². The lowest BCUT2D eigenvalue weighted by Gasteiger charge is -2.17. The lowest BCUT2D eigenvalue weighted by atomic mass is 10.2. The highest BCUT2D eigenvalue weighted by Gasteiger charge is 2.23. The quantitative estimate of drug-likeness (QED) is 0.849. The lowest BCUT2D eigenvalue weighted by Crippen LogP contribution is -2.30. The predicted octanol–water partition coefficient (Wildman–Crippen LogP) is 1.25. The van der Waals surface area contributed by atoms with Crippen molar-refractivity contribution in [2.24, 2.45) is 5.92 Å². The van der Waals surface area contributed by atoms with Crippen LogP contribution < -0.4 is 0 Å². The van der Waals surface area contributed by atoms with Crippen LogP contribution in [0.15, 0.2) is 11.2 Å². The zero-order valence-corrected chi connectivity index (χ0v) is 11.0. The average Bonchev–Trinajstić information content (AvgIpc) is 2.65. The molecule has 0 amide bonds. The molecule has 1 aromatic heterocycles. The summed E-state index contributed by atoms with van der Waals surface area (Å²) in [5, 5.41) is 0.174. The Kier molecular flexibility index (Phi) is 4.09. The van der Waals surface area contributed by atoms with Gasteiger partial charge in [-0.25, -0.2) is 13.4 Å². The molecule has 0 atom stereocenters. The predicted molar refractivity (Wildman–Crippen MR) is 62.6 cm³/mol. The van der Waals surface area contributed by atoms with Gasteiger partial charge in [-0.15, -0.1) is 0 Å². The van der Waals surface area contributed by atoms with E-state index in [-0.39, 0.29) is 5.03 Å². The van der Waals surface area contributed by atoms with E-state index in [9.17, 15) is 8.42 Å². The second kappa shape index (κ2) is 4.97. The van der Waals surface area contributed by atoms with E-state index in [4.69, 9.17) is 0 Å². The highest BCUT2D eigenvalue weighted by atomic mass is 32.2. The number of H-pyrrole nitrogens is 1. The Morgan fingerprint density at radius 3 is 2.56 bits per heavy atom. The summed E-state index contributed by atoms with van der Waals surface area (Å²) in [7, 11) is -1.82. The summed E-state index contributed by atoms with van der Waals surface area (Å²) in [4.78, 5) is 6.82. The van der Waals surface area contributed by atoms with Crippen molar-refractivity contribution in [2.45, 2.75) is 32.2 Å². The first-order valence-electron chi connectivity index (χ1n) is 5.38. The van der Waals surface area contributed by atoms with Gasteiger partial charge in [-0.3, -0.25) is 0 Å². The molecule has 1 N–H and O–H groups in total. The van der Waals surface area contributed by atoms with Gasteiger partial charge in [0.25, 0.3) is 10.0 Å². The first kappa shape index (κ1) is 13.2. The van der Waals surface area contributed by atoms with Gasteiger partial charge >= 0.3 is 0 Å². The van der Waals surface area contributed by atoms with Gasteiger partial charge in [0.05, 0.1) is 6.20 Å². The molecule has 1 heterocycles. The van der Waals surface area contributed by atoms with Crippen LogP contribution in [0.25, 0.3) is 0 Å². The number of nitrogens with one attached hydrogen (secondary N) is 1. The van der Waals surface area contributed by atoms with Crippen molar-refractivity contribution >= 4 is 10.0 Å². The maximum absolute atomic E-state index is 12.1. The molecule has 0 saturated heterocycles. The minimum Gasteiger partial charge on any atom is -0.332 e. The molecule has 0 aliphatic rings. The smallest absolute Gasteiger partial charge is 0.259 e. The molecule has 0 saturated carbocycles. The molecule has 6 heteroatoms. The Morgan fingerprint density at radius 1 is 1.50 bits per heavy atom. The van der Waals surface area contributed by atoms with Crippen LogP contribution in [0.4, 0.5) is 0 Å². The third kappa shape index (κ3) is 2.82. The molecule has 92 valence electrons. The number of sulfonamides is 1. The third-order valence-electron chi connectivity index (χ3n) is 2.25. The number of hydrogen-bond acceptors (Lipinski definition) is 3. The topological polar surface area (TPSA) is 66.1 Å². The van der Waals surface area contributed by atoms with E-state index in [0.717, 1.165) is 0 Å². The Balaban J connectivity index is 2.92. The third-order valence-corrected chi connectivity index (χ3v) is 3.98. The summed E-state index contributed by atoms with van der Waals surface area (Å²) in [6.45, 7) is 6.39. The van der Waals surface area contributed by atoms with Gasteiger partial charge in [0.2, 0.25) is 0 Å². The largest absolute Gasteiger partial charge is 0.332 e. The number of hydrogen-bond donors (Lipinski definition) is 1. The van der Waals surface area contributed by atoms with Gasteiger partial charge in [0.1, 0.15) is 5.82 Å². The molecule has 0 radical (unpaired) electrons. The van der Waals surface area contributed by atoms with Gasteiger partial charge in [0.15, 0.2) is 5.03 Å². The molecule has 16 heavy (non-hydrogen) atoms. The van der Waals surface area contributed by atoms with E-state index in [1.54, 1.807) is 7.05 Å². The molecular weight excluding hydrogens is 226 g/mol. The molecular formula is C10H19N3O2S. The Morgan fingerprint density at radius 2 is 2.12 bits per heavy atom. The lowest BCUT2D eigenvalue weighted by molar-refractivity contribution is 0.415. The van der Waals surface area contributed by atoms with Gasteiger partial charge in [-0.2, -0.15) is 4.31 Å². The molecule has 1 rings (SSSR count). The second-order valence-corrected chi connectivity index (χ2v) is 6.24. The average molecular weight is 245 g/mol. The number of aromatic amines is 1. The monoisotopic (exact) mass is 245 g/mol. The van der Waals surface area contributed by atoms with Gasteiger partial charge in [0, 0.05) is 20.0 Å². The Hall–Kier alpha value is -0.880. The summed E-state index contributed by atoms with van der Waals surface area (Å²) >= 11 is 0. The Labute approximate surface area is 96.9 Å². The maximum Gasteiger partial charge on any atom is 0.259 e. The van der Waals surface area contributed by atoms with Gasteiger partial charge < -0.3 is 4.98 Å². The van der Waals surface area contributed by atoms with Crippen LogP contribution in [-0.4, -0.2) is 36.3 Å². The first-order chi connectivity index (χ1) is 7.37. The summed E-state index contributed by atoms with van der Waals surface area (Å²) in [5.41, 5.74) is 0. The van der Waals surface area contributed by atoms with Crippen molar-refractivity contribution in [1.29, 1.82) is 0 Å². The van der Waals surface area contributed by atoms with Crippen molar-refractivity contribution in [3.8, 4) is 0 Å². The molecule has 0 aliphatic carbocycles. The number of nitrogens with zero attached hydrogens (tertiary/aromatic N) is 2. The minimum absolute atomic E-state index is 0.174. The molecule has 5 nitrogen and oxygen atoms in total. The van der Waals surface area contributed by atoms with Crippen LogP contribution in [-0.2, 0) is 16.4 Å². The normalized spacial score (nSPS) is 12.6. The van der Waals surface area contributed by atoms with E-state index in [0.29, 0.717) is 24.7 Å². The molecule has 0 spiro atoms. The Bertz CT molecular complexity index is 437. The summed E-state index contributed by atoms with van der Waals surface area (Å²) in [6.07, 6.45) is 2.08. The fraction of sp³-hybridized carbons (Fsp3) is 0.700. The highest BCUT2D eigenvalue weighted by molar-refractivity contribution is 7.89. The van der Waals surface area contributed by atoms with E-state index >= 15 is 0 Å². The van der Waals surface area contributed by atoms with E-state index < -0.39 is 10.0 Å². The molecule has 0 bridgehead atoms. The number of aromatic nitrogens is 2. The molecule has 1 aromatic rings. The van der Waals surface area contributed by atoms with Crippen LogP contribution in [0.5, 0.6) is 0 Å². The highest BCUT2D eigenvalue weighted by Crippen LogP contribution is 2.13. The second-order valence-electron chi connectivity index (χ2n) is 4.23. The molecule has 0 aliphatic heterocycles. The molecule has 0 aromatic carbocycles. The molecule has 0 unspecified atom stereocenters. The van der Waals surface area contributed by atoms with Gasteiger partial charge in [-0.1, -0.05) is 20.8 Å². The van der Waals surface area contributed by atoms with Crippen LogP contribution in [0.2, 0.25) is 0 Å². The van der Waals surface area contributed by atoms with Crippen molar-refractivity contribution < 1.29 is 8.42 Å². The van der Waals surface area contributed by atoms with E-state index in [1.807, 2.05) is 20.8 Å². The van der Waals surface area contributed by atoms with Gasteiger partial charge in [-0.05, 0) is 5.92 Å². The fourth-order valence-corrected chi connectivity index (χ4v) is 2.70. The zero-order valence-electron chi connectivity index (χ0n) is 10.2. The van der Waals surface area contributed by atoms with Crippen molar-refractivity contribution in [3.05, 3.63) is 12.0 Å². The number of imidazole rings is 1. The van der Waals surface area contributed by atoms with Crippen molar-refractivity contribution in [1.82, 2.24) is 14.3 Å². The number of aryl methyl sites for hydroxylation is 1. The van der Waals surface area contributed by atoms with E-state index in [1.165, 1.54) is 10.5 Å². The van der Waals surface area contributed by atoms with Crippen LogP contribution in [0, 0.1) is 5.92 Å². The zero-order chi connectivity index (χ0) is 12.3.